The fourth-order valence-corrected chi connectivity index (χ4v) is 5.52. The van der Waals surface area contributed by atoms with Gasteiger partial charge in [-0.1, -0.05) is 30.3 Å². The van der Waals surface area contributed by atoms with E-state index in [0.717, 1.165) is 40.8 Å². The number of rotatable bonds is 5. The van der Waals surface area contributed by atoms with Crippen LogP contribution in [0.5, 0.6) is 0 Å². The van der Waals surface area contributed by atoms with Gasteiger partial charge in [0.2, 0.25) is 5.91 Å². The molecule has 172 valence electrons. The van der Waals surface area contributed by atoms with Gasteiger partial charge >= 0.3 is 0 Å². The number of nitrogens with one attached hydrogen (secondary N) is 1. The molecule has 0 unspecified atom stereocenters. The summed E-state index contributed by atoms with van der Waals surface area (Å²) in [4.78, 5) is 30.6. The number of benzene rings is 2. The Labute approximate surface area is 198 Å². The molecule has 34 heavy (non-hydrogen) atoms. The fourth-order valence-electron chi connectivity index (χ4n) is 5.52. The summed E-state index contributed by atoms with van der Waals surface area (Å²) in [6.07, 6.45) is 4.51. The minimum atomic E-state index is -0.244. The van der Waals surface area contributed by atoms with Crippen molar-refractivity contribution >= 4 is 28.4 Å². The summed E-state index contributed by atoms with van der Waals surface area (Å²) in [6, 6.07) is 20.0. The monoisotopic (exact) mass is 453 g/mol. The SMILES string of the molecule is CN1c2ccccc2C(=O)N2CCc3c(n(CC(=O)NCCn4cccc4)c4ccccc34)[C@@H]21. The molecule has 1 atom stereocenters. The van der Waals surface area contributed by atoms with Crippen molar-refractivity contribution < 1.29 is 9.59 Å². The highest BCUT2D eigenvalue weighted by Crippen LogP contribution is 2.44. The second kappa shape index (κ2) is 8.09. The lowest BCUT2D eigenvalue weighted by Gasteiger charge is -2.46. The second-order valence-corrected chi connectivity index (χ2v) is 8.99. The van der Waals surface area contributed by atoms with E-state index in [1.54, 1.807) is 0 Å². The van der Waals surface area contributed by atoms with Gasteiger partial charge in [-0.25, -0.2) is 0 Å². The van der Waals surface area contributed by atoms with E-state index in [-0.39, 0.29) is 24.5 Å². The lowest BCUT2D eigenvalue weighted by Crippen LogP contribution is -2.51. The third kappa shape index (κ3) is 3.19. The average molecular weight is 454 g/mol. The Balaban J connectivity index is 1.38. The normalized spacial score (nSPS) is 16.9. The Morgan fingerprint density at radius 1 is 1.03 bits per heavy atom. The number of carbonyl (C=O) groups is 2. The summed E-state index contributed by atoms with van der Waals surface area (Å²) in [5.41, 5.74) is 4.97. The predicted molar refractivity (Wildman–Crippen MR) is 132 cm³/mol. The molecule has 0 spiro atoms. The van der Waals surface area contributed by atoms with E-state index in [9.17, 15) is 9.59 Å². The molecule has 2 aliphatic rings. The van der Waals surface area contributed by atoms with Crippen molar-refractivity contribution in [3.8, 4) is 0 Å². The van der Waals surface area contributed by atoms with Gasteiger partial charge in [0.05, 0.1) is 16.9 Å². The zero-order chi connectivity index (χ0) is 23.2. The smallest absolute Gasteiger partial charge is 0.257 e. The van der Waals surface area contributed by atoms with Crippen molar-refractivity contribution in [3.05, 3.63) is 89.9 Å². The second-order valence-electron chi connectivity index (χ2n) is 8.99. The molecule has 0 radical (unpaired) electrons. The Kier molecular flexibility index (Phi) is 4.90. The Morgan fingerprint density at radius 2 is 1.79 bits per heavy atom. The lowest BCUT2D eigenvalue weighted by atomic mass is 9.96. The van der Waals surface area contributed by atoms with E-state index in [0.29, 0.717) is 13.1 Å². The Morgan fingerprint density at radius 3 is 2.65 bits per heavy atom. The van der Waals surface area contributed by atoms with E-state index < -0.39 is 0 Å². The molecule has 0 fully saturated rings. The lowest BCUT2D eigenvalue weighted by molar-refractivity contribution is -0.121. The first kappa shape index (κ1) is 20.6. The zero-order valence-corrected chi connectivity index (χ0v) is 19.1. The highest BCUT2D eigenvalue weighted by atomic mass is 16.2. The number of hydrogen-bond acceptors (Lipinski definition) is 3. The molecule has 7 nitrogen and oxygen atoms in total. The van der Waals surface area contributed by atoms with Crippen LogP contribution in [-0.2, 0) is 24.3 Å². The van der Waals surface area contributed by atoms with Crippen molar-refractivity contribution in [3.63, 3.8) is 0 Å². The molecule has 2 amide bonds. The summed E-state index contributed by atoms with van der Waals surface area (Å²) in [6.45, 7) is 2.17. The highest BCUT2D eigenvalue weighted by molar-refractivity contribution is 6.02. The third-order valence-electron chi connectivity index (χ3n) is 7.06. The van der Waals surface area contributed by atoms with Gasteiger partial charge in [0.15, 0.2) is 0 Å². The average Bonchev–Trinajstić information content (AvgIpc) is 3.49. The fraction of sp³-hybridized carbons (Fsp3) is 0.259. The molecule has 7 heteroatoms. The molecule has 2 aromatic carbocycles. The topological polar surface area (TPSA) is 62.5 Å². The molecule has 0 saturated heterocycles. The van der Waals surface area contributed by atoms with Gasteiger partial charge < -0.3 is 24.3 Å². The van der Waals surface area contributed by atoms with Gasteiger partial charge in [-0.15, -0.1) is 0 Å². The summed E-state index contributed by atoms with van der Waals surface area (Å²) < 4.78 is 4.16. The molecule has 1 N–H and O–H groups in total. The quantitative estimate of drug-likeness (QED) is 0.504. The number of carbonyl (C=O) groups excluding carboxylic acids is 2. The largest absolute Gasteiger partial charge is 0.353 e. The Hall–Kier alpha value is -4.00. The van der Waals surface area contributed by atoms with Crippen LogP contribution in [0.2, 0.25) is 0 Å². The molecule has 0 aliphatic carbocycles. The minimum Gasteiger partial charge on any atom is -0.353 e. The molecule has 4 aromatic rings. The zero-order valence-electron chi connectivity index (χ0n) is 19.1. The van der Waals surface area contributed by atoms with Crippen LogP contribution in [-0.4, -0.2) is 46.0 Å². The number of nitrogens with zero attached hydrogens (tertiary/aromatic N) is 4. The summed E-state index contributed by atoms with van der Waals surface area (Å²) in [7, 11) is 2.04. The summed E-state index contributed by atoms with van der Waals surface area (Å²) >= 11 is 0. The van der Waals surface area contributed by atoms with Crippen LogP contribution >= 0.6 is 0 Å². The van der Waals surface area contributed by atoms with Crippen molar-refractivity contribution in [2.45, 2.75) is 25.7 Å². The van der Waals surface area contributed by atoms with Crippen LogP contribution in [0.1, 0.15) is 27.8 Å². The number of para-hydroxylation sites is 2. The van der Waals surface area contributed by atoms with Crippen molar-refractivity contribution in [2.75, 3.05) is 25.0 Å². The number of amides is 2. The van der Waals surface area contributed by atoms with Crippen LogP contribution in [0.4, 0.5) is 5.69 Å². The standard InChI is InChI=1S/C27H27N5O2/c1-29-22-10-4-3-9-21(22)27(34)31-16-12-20-19-8-2-5-11-23(19)32(25(20)26(29)31)18-24(33)28-13-17-30-14-6-7-15-30/h2-11,14-15,26H,12-13,16-18H2,1H3,(H,28,33)/t26-/m1/s1. The molecule has 2 aromatic heterocycles. The first-order valence-corrected chi connectivity index (χ1v) is 11.7. The van der Waals surface area contributed by atoms with E-state index in [4.69, 9.17) is 0 Å². The van der Waals surface area contributed by atoms with Crippen LogP contribution < -0.4 is 10.2 Å². The van der Waals surface area contributed by atoms with Gasteiger partial charge in [-0.05, 0) is 42.3 Å². The van der Waals surface area contributed by atoms with Crippen molar-refractivity contribution in [2.24, 2.45) is 0 Å². The van der Waals surface area contributed by atoms with E-state index >= 15 is 0 Å². The molecular formula is C27H27N5O2. The number of hydrogen-bond donors (Lipinski definition) is 1. The first-order valence-electron chi connectivity index (χ1n) is 11.7. The van der Waals surface area contributed by atoms with Crippen LogP contribution in [0.3, 0.4) is 0 Å². The summed E-state index contributed by atoms with van der Waals surface area (Å²) in [5.74, 6) is 0.0235. The summed E-state index contributed by atoms with van der Waals surface area (Å²) in [5, 5.41) is 4.23. The van der Waals surface area contributed by atoms with Gasteiger partial charge in [0, 0.05) is 50.0 Å². The predicted octanol–water partition coefficient (Wildman–Crippen LogP) is 3.41. The molecule has 0 saturated carbocycles. The van der Waals surface area contributed by atoms with Gasteiger partial charge in [0.1, 0.15) is 12.7 Å². The molecule has 2 aliphatic heterocycles. The molecular weight excluding hydrogens is 426 g/mol. The van der Waals surface area contributed by atoms with E-state index in [1.165, 1.54) is 5.56 Å². The van der Waals surface area contributed by atoms with Gasteiger partial charge in [-0.2, -0.15) is 0 Å². The number of fused-ring (bicyclic) bond motifs is 6. The van der Waals surface area contributed by atoms with Crippen LogP contribution in [0.15, 0.2) is 73.1 Å². The maximum absolute atomic E-state index is 13.4. The highest BCUT2D eigenvalue weighted by Gasteiger charge is 2.42. The first-order chi connectivity index (χ1) is 16.6. The molecule has 6 rings (SSSR count). The maximum Gasteiger partial charge on any atom is 0.257 e. The van der Waals surface area contributed by atoms with Crippen molar-refractivity contribution in [1.82, 2.24) is 19.4 Å². The van der Waals surface area contributed by atoms with Gasteiger partial charge in [-0.3, -0.25) is 9.59 Å². The molecule has 0 bridgehead atoms. The van der Waals surface area contributed by atoms with Crippen molar-refractivity contribution in [1.29, 1.82) is 0 Å². The third-order valence-corrected chi connectivity index (χ3v) is 7.06. The van der Waals surface area contributed by atoms with Crippen LogP contribution in [0.25, 0.3) is 10.9 Å². The molecule has 4 heterocycles. The van der Waals surface area contributed by atoms with E-state index in [1.807, 2.05) is 77.4 Å². The van der Waals surface area contributed by atoms with Gasteiger partial charge in [0.25, 0.3) is 5.91 Å². The number of aromatic nitrogens is 2. The Bertz CT molecular complexity index is 1390. The number of anilines is 1. The minimum absolute atomic E-state index is 0.0296. The van der Waals surface area contributed by atoms with Crippen LogP contribution in [0, 0.1) is 0 Å². The van der Waals surface area contributed by atoms with E-state index in [2.05, 4.69) is 26.9 Å². The maximum atomic E-state index is 13.4.